The molecule has 16 heavy (non-hydrogen) atoms. The Kier molecular flexibility index (Phi) is 4.15. The van der Waals surface area contributed by atoms with Gasteiger partial charge in [-0.3, -0.25) is 0 Å². The highest BCUT2D eigenvalue weighted by Crippen LogP contribution is 2.24. The van der Waals surface area contributed by atoms with Crippen molar-refractivity contribution >= 4 is 34.6 Å². The van der Waals surface area contributed by atoms with Gasteiger partial charge < -0.3 is 9.84 Å². The van der Waals surface area contributed by atoms with Gasteiger partial charge in [0.05, 0.1) is 0 Å². The number of alkyl halides is 1. The molecule has 1 aromatic carbocycles. The first kappa shape index (κ1) is 12.8. The van der Waals surface area contributed by atoms with E-state index in [9.17, 15) is 9.59 Å². The minimum atomic E-state index is -2.17. The van der Waals surface area contributed by atoms with Gasteiger partial charge in [0.2, 0.25) is 0 Å². The minimum absolute atomic E-state index is 0.164. The number of carboxylic acid groups (broad SMARTS) is 1. The van der Waals surface area contributed by atoms with E-state index in [0.717, 1.165) is 0 Å². The Morgan fingerprint density at radius 2 is 1.88 bits per heavy atom. The maximum absolute atomic E-state index is 10.9. The number of carbonyl (C=O) groups excluding carboxylic acids is 1. The van der Waals surface area contributed by atoms with Gasteiger partial charge in [-0.15, -0.1) is 0 Å². The second kappa shape index (κ2) is 5.18. The van der Waals surface area contributed by atoms with Gasteiger partial charge >= 0.3 is 11.4 Å². The van der Waals surface area contributed by atoms with Gasteiger partial charge in [0.25, 0.3) is 5.06 Å². The Morgan fingerprint density at radius 3 is 2.31 bits per heavy atom. The number of halogens is 2. The summed E-state index contributed by atoms with van der Waals surface area (Å²) in [6.07, 6.45) is -0.164. The van der Waals surface area contributed by atoms with E-state index in [2.05, 4.69) is 4.74 Å². The first-order valence-electron chi connectivity index (χ1n) is 4.29. The molecule has 1 N–H and O–H groups in total. The second-order valence-corrected chi connectivity index (χ2v) is 3.95. The number of benzene rings is 1. The molecule has 0 saturated carbocycles. The SMILES string of the molecule is O=C(Cl)OC(Cl)(Cc1ccccc1)C(=O)O. The van der Waals surface area contributed by atoms with Gasteiger partial charge in [0, 0.05) is 18.0 Å². The molecule has 0 aliphatic heterocycles. The van der Waals surface area contributed by atoms with Gasteiger partial charge in [0.15, 0.2) is 0 Å². The van der Waals surface area contributed by atoms with E-state index in [4.69, 9.17) is 28.3 Å². The molecule has 0 spiro atoms. The van der Waals surface area contributed by atoms with Crippen LogP contribution in [-0.2, 0) is 16.0 Å². The van der Waals surface area contributed by atoms with Crippen LogP contribution in [-0.4, -0.2) is 21.6 Å². The fourth-order valence-corrected chi connectivity index (χ4v) is 1.54. The maximum atomic E-state index is 10.9. The molecular weight excluding hydrogens is 255 g/mol. The lowest BCUT2D eigenvalue weighted by Crippen LogP contribution is -2.38. The van der Waals surface area contributed by atoms with Crippen molar-refractivity contribution in [2.24, 2.45) is 0 Å². The predicted octanol–water partition coefficient (Wildman–Crippen LogP) is 2.62. The monoisotopic (exact) mass is 262 g/mol. The fourth-order valence-electron chi connectivity index (χ4n) is 1.14. The van der Waals surface area contributed by atoms with Crippen molar-refractivity contribution in [1.82, 2.24) is 0 Å². The summed E-state index contributed by atoms with van der Waals surface area (Å²) in [5.41, 5.74) is -0.633. The molecule has 0 radical (unpaired) electrons. The number of carbonyl (C=O) groups is 2. The van der Waals surface area contributed by atoms with Crippen molar-refractivity contribution in [1.29, 1.82) is 0 Å². The number of hydrogen-bond donors (Lipinski definition) is 1. The van der Waals surface area contributed by atoms with Gasteiger partial charge in [0.1, 0.15) is 0 Å². The van der Waals surface area contributed by atoms with Crippen molar-refractivity contribution in [2.45, 2.75) is 11.5 Å². The lowest BCUT2D eigenvalue weighted by atomic mass is 10.1. The molecule has 1 rings (SSSR count). The summed E-state index contributed by atoms with van der Waals surface area (Å²) < 4.78 is 4.40. The third-order valence-electron chi connectivity index (χ3n) is 1.84. The zero-order chi connectivity index (χ0) is 12.2. The molecule has 1 unspecified atom stereocenters. The molecule has 0 fully saturated rings. The molecule has 0 heterocycles. The molecular formula is C10H8Cl2O4. The van der Waals surface area contributed by atoms with Gasteiger partial charge in [-0.05, 0) is 5.56 Å². The second-order valence-electron chi connectivity index (χ2n) is 3.04. The van der Waals surface area contributed by atoms with Crippen molar-refractivity contribution in [2.75, 3.05) is 0 Å². The number of aliphatic carboxylic acids is 1. The van der Waals surface area contributed by atoms with Crippen LogP contribution in [0.2, 0.25) is 0 Å². The van der Waals surface area contributed by atoms with Crippen LogP contribution in [0.3, 0.4) is 0 Å². The molecule has 86 valence electrons. The smallest absolute Gasteiger partial charge is 0.406 e. The van der Waals surface area contributed by atoms with Crippen LogP contribution in [0.4, 0.5) is 4.79 Å². The zero-order valence-electron chi connectivity index (χ0n) is 8.02. The van der Waals surface area contributed by atoms with Crippen LogP contribution in [0.5, 0.6) is 0 Å². The number of hydrogen-bond acceptors (Lipinski definition) is 3. The average Bonchev–Trinajstić information content (AvgIpc) is 2.17. The highest BCUT2D eigenvalue weighted by atomic mass is 35.5. The van der Waals surface area contributed by atoms with Crippen LogP contribution in [0.15, 0.2) is 30.3 Å². The number of ether oxygens (including phenoxy) is 1. The average molecular weight is 263 g/mol. The minimum Gasteiger partial charge on any atom is -0.477 e. The number of carboxylic acids is 1. The Morgan fingerprint density at radius 1 is 1.31 bits per heavy atom. The molecule has 0 amide bonds. The first-order chi connectivity index (χ1) is 7.44. The molecule has 6 heteroatoms. The van der Waals surface area contributed by atoms with Crippen LogP contribution in [0.1, 0.15) is 5.56 Å². The quantitative estimate of drug-likeness (QED) is 0.669. The maximum Gasteiger partial charge on any atom is 0.406 e. The molecule has 4 nitrogen and oxygen atoms in total. The van der Waals surface area contributed by atoms with Crippen molar-refractivity contribution in [3.8, 4) is 0 Å². The van der Waals surface area contributed by atoms with Crippen LogP contribution in [0, 0.1) is 0 Å². The standard InChI is InChI=1S/C10H8Cl2O4/c11-9(15)16-10(12,8(13)14)6-7-4-2-1-3-5-7/h1-5H,6H2,(H,13,14). The third-order valence-corrected chi connectivity index (χ3v) is 2.29. The molecule has 0 aliphatic carbocycles. The van der Waals surface area contributed by atoms with Gasteiger partial charge in [-0.1, -0.05) is 41.9 Å². The molecule has 0 aliphatic rings. The Hall–Kier alpha value is -1.26. The summed E-state index contributed by atoms with van der Waals surface area (Å²) in [5.74, 6) is -1.47. The van der Waals surface area contributed by atoms with E-state index in [1.54, 1.807) is 30.3 Å². The Balaban J connectivity index is 2.87. The topological polar surface area (TPSA) is 63.6 Å². The van der Waals surface area contributed by atoms with E-state index in [0.29, 0.717) is 5.56 Å². The predicted molar refractivity (Wildman–Crippen MR) is 58.7 cm³/mol. The Labute approximate surface area is 102 Å². The van der Waals surface area contributed by atoms with Crippen LogP contribution < -0.4 is 0 Å². The summed E-state index contributed by atoms with van der Waals surface area (Å²) in [4.78, 5) is 21.4. The van der Waals surface area contributed by atoms with Crippen molar-refractivity contribution in [3.63, 3.8) is 0 Å². The molecule has 0 aromatic heterocycles. The lowest BCUT2D eigenvalue weighted by Gasteiger charge is -2.20. The highest BCUT2D eigenvalue weighted by Gasteiger charge is 2.40. The first-order valence-corrected chi connectivity index (χ1v) is 5.04. The molecule has 0 bridgehead atoms. The number of rotatable bonds is 4. The van der Waals surface area contributed by atoms with Crippen LogP contribution >= 0.6 is 23.2 Å². The van der Waals surface area contributed by atoms with E-state index in [1.807, 2.05) is 0 Å². The molecule has 1 atom stereocenters. The van der Waals surface area contributed by atoms with E-state index < -0.39 is 16.5 Å². The fraction of sp³-hybridized carbons (Fsp3) is 0.200. The Bertz CT molecular complexity index is 393. The summed E-state index contributed by atoms with van der Waals surface area (Å²) in [6, 6.07) is 8.55. The van der Waals surface area contributed by atoms with E-state index in [-0.39, 0.29) is 6.42 Å². The molecule has 0 saturated heterocycles. The summed E-state index contributed by atoms with van der Waals surface area (Å²) in [7, 11) is 0. The lowest BCUT2D eigenvalue weighted by molar-refractivity contribution is -0.149. The summed E-state index contributed by atoms with van der Waals surface area (Å²) in [6.45, 7) is 0. The van der Waals surface area contributed by atoms with Crippen molar-refractivity contribution in [3.05, 3.63) is 35.9 Å². The van der Waals surface area contributed by atoms with Crippen molar-refractivity contribution < 1.29 is 19.4 Å². The highest BCUT2D eigenvalue weighted by molar-refractivity contribution is 6.61. The van der Waals surface area contributed by atoms with Gasteiger partial charge in [-0.2, -0.15) is 0 Å². The zero-order valence-corrected chi connectivity index (χ0v) is 9.53. The molecule has 1 aromatic rings. The third kappa shape index (κ3) is 3.40. The summed E-state index contributed by atoms with van der Waals surface area (Å²) in [5, 5.41) is 6.71. The van der Waals surface area contributed by atoms with Crippen LogP contribution in [0.25, 0.3) is 0 Å². The van der Waals surface area contributed by atoms with E-state index in [1.165, 1.54) is 0 Å². The summed E-state index contributed by atoms with van der Waals surface area (Å²) >= 11 is 10.6. The normalized spacial score (nSPS) is 13.9. The van der Waals surface area contributed by atoms with E-state index >= 15 is 0 Å². The largest absolute Gasteiger partial charge is 0.477 e. The van der Waals surface area contributed by atoms with Gasteiger partial charge in [-0.25, -0.2) is 9.59 Å².